The molecule has 1 aromatic heterocycles. The molecule has 0 atom stereocenters. The maximum atomic E-state index is 13.6. The van der Waals surface area contributed by atoms with Gasteiger partial charge in [-0.05, 0) is 18.2 Å². The van der Waals surface area contributed by atoms with Crippen molar-refractivity contribution >= 4 is 5.69 Å². The molecule has 4 nitrogen and oxygen atoms in total. The van der Waals surface area contributed by atoms with Crippen molar-refractivity contribution in [3.63, 3.8) is 0 Å². The van der Waals surface area contributed by atoms with Crippen molar-refractivity contribution in [2.45, 2.75) is 6.54 Å². The summed E-state index contributed by atoms with van der Waals surface area (Å²) in [6, 6.07) is 5.42. The Balaban J connectivity index is 2.20. The molecule has 0 bridgehead atoms. The number of rotatable bonds is 3. The smallest absolute Gasteiger partial charge is 0.150 e. The molecule has 0 unspecified atom stereocenters. The Morgan fingerprint density at radius 1 is 1.39 bits per heavy atom. The zero-order valence-corrected chi connectivity index (χ0v) is 9.61. The van der Waals surface area contributed by atoms with Crippen molar-refractivity contribution < 1.29 is 8.78 Å². The van der Waals surface area contributed by atoms with Crippen molar-refractivity contribution in [2.75, 3.05) is 5.32 Å². The van der Waals surface area contributed by atoms with Crippen molar-refractivity contribution in [1.82, 2.24) is 9.78 Å². The average molecular weight is 248 g/mol. The van der Waals surface area contributed by atoms with Gasteiger partial charge in [0.2, 0.25) is 0 Å². The molecule has 0 aliphatic rings. The van der Waals surface area contributed by atoms with E-state index < -0.39 is 11.6 Å². The van der Waals surface area contributed by atoms with Crippen LogP contribution in [0.15, 0.2) is 24.4 Å². The highest BCUT2D eigenvalue weighted by atomic mass is 19.1. The first-order valence-corrected chi connectivity index (χ1v) is 5.21. The number of aryl methyl sites for hydroxylation is 1. The first-order valence-electron chi connectivity index (χ1n) is 5.21. The summed E-state index contributed by atoms with van der Waals surface area (Å²) in [6.07, 6.45) is 1.60. The summed E-state index contributed by atoms with van der Waals surface area (Å²) in [5.41, 5.74) is 0.504. The number of nitrogens with zero attached hydrogens (tertiary/aromatic N) is 3. The minimum absolute atomic E-state index is 0.0453. The zero-order valence-electron chi connectivity index (χ0n) is 9.61. The van der Waals surface area contributed by atoms with Gasteiger partial charge < -0.3 is 5.32 Å². The van der Waals surface area contributed by atoms with Gasteiger partial charge in [0.25, 0.3) is 0 Å². The fourth-order valence-corrected chi connectivity index (χ4v) is 1.56. The third-order valence-electron chi connectivity index (χ3n) is 2.54. The largest absolute Gasteiger partial charge is 0.375 e. The number of aromatic nitrogens is 2. The first-order chi connectivity index (χ1) is 8.61. The van der Waals surface area contributed by atoms with Crippen molar-refractivity contribution in [2.24, 2.45) is 7.05 Å². The van der Waals surface area contributed by atoms with E-state index in [4.69, 9.17) is 5.26 Å². The van der Waals surface area contributed by atoms with Crippen LogP contribution in [-0.4, -0.2) is 9.78 Å². The number of anilines is 1. The fraction of sp³-hybridized carbons (Fsp3) is 0.167. The van der Waals surface area contributed by atoms with Crippen LogP contribution in [-0.2, 0) is 13.6 Å². The van der Waals surface area contributed by atoms with Gasteiger partial charge in [0, 0.05) is 13.2 Å². The summed E-state index contributed by atoms with van der Waals surface area (Å²) in [6.45, 7) is 0.246. The lowest BCUT2D eigenvalue weighted by Crippen LogP contribution is -2.08. The molecule has 0 amide bonds. The monoisotopic (exact) mass is 248 g/mol. The molecule has 0 spiro atoms. The molecule has 0 aliphatic carbocycles. The molecular formula is C12H10F2N4. The summed E-state index contributed by atoms with van der Waals surface area (Å²) < 4.78 is 28.7. The quantitative estimate of drug-likeness (QED) is 0.905. The summed E-state index contributed by atoms with van der Waals surface area (Å²) in [5.74, 6) is -1.57. The molecule has 1 aromatic carbocycles. The molecule has 0 saturated carbocycles. The van der Waals surface area contributed by atoms with E-state index in [0.717, 1.165) is 17.8 Å². The molecule has 2 aromatic rings. The van der Waals surface area contributed by atoms with Gasteiger partial charge in [-0.1, -0.05) is 0 Å². The lowest BCUT2D eigenvalue weighted by molar-refractivity contribution is 0.586. The maximum absolute atomic E-state index is 13.6. The minimum Gasteiger partial charge on any atom is -0.375 e. The van der Waals surface area contributed by atoms with Crippen LogP contribution in [0, 0.1) is 23.0 Å². The lowest BCUT2D eigenvalue weighted by Gasteiger charge is -2.09. The second kappa shape index (κ2) is 4.84. The van der Waals surface area contributed by atoms with E-state index in [1.165, 1.54) is 0 Å². The van der Waals surface area contributed by atoms with Gasteiger partial charge in [0.15, 0.2) is 11.6 Å². The average Bonchev–Trinajstić information content (AvgIpc) is 2.73. The van der Waals surface area contributed by atoms with E-state index in [9.17, 15) is 8.78 Å². The molecule has 1 N–H and O–H groups in total. The van der Waals surface area contributed by atoms with Gasteiger partial charge >= 0.3 is 0 Å². The Kier molecular flexibility index (Phi) is 3.24. The number of hydrogen-bond acceptors (Lipinski definition) is 3. The normalized spacial score (nSPS) is 10.1. The Bertz CT molecular complexity index is 590. The van der Waals surface area contributed by atoms with Crippen LogP contribution in [0.25, 0.3) is 0 Å². The third-order valence-corrected chi connectivity index (χ3v) is 2.54. The van der Waals surface area contributed by atoms with Crippen LogP contribution in [0.2, 0.25) is 0 Å². The van der Waals surface area contributed by atoms with Gasteiger partial charge in [-0.15, -0.1) is 0 Å². The van der Waals surface area contributed by atoms with Gasteiger partial charge in [-0.3, -0.25) is 4.68 Å². The number of hydrogen-bond donors (Lipinski definition) is 1. The molecule has 0 radical (unpaired) electrons. The summed E-state index contributed by atoms with van der Waals surface area (Å²) >= 11 is 0. The predicted octanol–water partition coefficient (Wildman–Crippen LogP) is 2.18. The molecule has 6 heteroatoms. The second-order valence-corrected chi connectivity index (χ2v) is 3.73. The Morgan fingerprint density at radius 2 is 2.06 bits per heavy atom. The number of nitrogens with one attached hydrogen (secondary N) is 1. The molecule has 0 fully saturated rings. The second-order valence-electron chi connectivity index (χ2n) is 3.73. The van der Waals surface area contributed by atoms with Crippen LogP contribution in [0.3, 0.4) is 0 Å². The third kappa shape index (κ3) is 2.30. The van der Waals surface area contributed by atoms with E-state index >= 15 is 0 Å². The van der Waals surface area contributed by atoms with E-state index in [2.05, 4.69) is 10.4 Å². The SMILES string of the molecule is Cn1nccc1CNc1c(F)cc(C#N)cc1F. The van der Waals surface area contributed by atoms with E-state index in [-0.39, 0.29) is 17.8 Å². The van der Waals surface area contributed by atoms with Crippen LogP contribution in [0.5, 0.6) is 0 Å². The highest BCUT2D eigenvalue weighted by molar-refractivity contribution is 5.50. The Hall–Kier alpha value is -2.42. The van der Waals surface area contributed by atoms with Gasteiger partial charge in [-0.2, -0.15) is 10.4 Å². The van der Waals surface area contributed by atoms with Crippen LogP contribution < -0.4 is 5.32 Å². The minimum atomic E-state index is -0.784. The maximum Gasteiger partial charge on any atom is 0.150 e. The van der Waals surface area contributed by atoms with Crippen LogP contribution in [0.1, 0.15) is 11.3 Å². The summed E-state index contributed by atoms with van der Waals surface area (Å²) in [5, 5.41) is 15.2. The molecule has 2 rings (SSSR count). The zero-order chi connectivity index (χ0) is 13.1. The van der Waals surface area contributed by atoms with Gasteiger partial charge in [-0.25, -0.2) is 8.78 Å². The highest BCUT2D eigenvalue weighted by Gasteiger charge is 2.11. The van der Waals surface area contributed by atoms with Crippen molar-refractivity contribution in [3.05, 3.63) is 47.3 Å². The highest BCUT2D eigenvalue weighted by Crippen LogP contribution is 2.21. The predicted molar refractivity (Wildman–Crippen MR) is 61.6 cm³/mol. The van der Waals surface area contributed by atoms with E-state index in [0.29, 0.717) is 0 Å². The molecule has 0 saturated heterocycles. The fourth-order valence-electron chi connectivity index (χ4n) is 1.56. The Labute approximate surface area is 102 Å². The molecule has 0 aliphatic heterocycles. The molecular weight excluding hydrogens is 238 g/mol. The van der Waals surface area contributed by atoms with Crippen LogP contribution >= 0.6 is 0 Å². The summed E-state index contributed by atoms with van der Waals surface area (Å²) in [4.78, 5) is 0. The summed E-state index contributed by atoms with van der Waals surface area (Å²) in [7, 11) is 1.74. The number of benzene rings is 1. The lowest BCUT2D eigenvalue weighted by atomic mass is 10.2. The van der Waals surface area contributed by atoms with Crippen molar-refractivity contribution in [3.8, 4) is 6.07 Å². The van der Waals surface area contributed by atoms with Crippen LogP contribution in [0.4, 0.5) is 14.5 Å². The standard InChI is InChI=1S/C12H10F2N4/c1-18-9(2-3-17-18)7-16-12-10(13)4-8(6-15)5-11(12)14/h2-5,16H,7H2,1H3. The number of halogens is 2. The molecule has 1 heterocycles. The van der Waals surface area contributed by atoms with Gasteiger partial charge in [0.05, 0.1) is 23.9 Å². The molecule has 18 heavy (non-hydrogen) atoms. The van der Waals surface area contributed by atoms with E-state index in [1.54, 1.807) is 30.1 Å². The molecule has 92 valence electrons. The van der Waals surface area contributed by atoms with E-state index in [1.807, 2.05) is 0 Å². The van der Waals surface area contributed by atoms with Crippen molar-refractivity contribution in [1.29, 1.82) is 5.26 Å². The first kappa shape index (κ1) is 12.0. The number of nitriles is 1. The Morgan fingerprint density at radius 3 is 2.56 bits per heavy atom. The van der Waals surface area contributed by atoms with Gasteiger partial charge in [0.1, 0.15) is 5.69 Å². The topological polar surface area (TPSA) is 53.6 Å².